The van der Waals surface area contributed by atoms with Gasteiger partial charge in [-0.1, -0.05) is 36.4 Å². The van der Waals surface area contributed by atoms with Crippen LogP contribution in [0.25, 0.3) is 0 Å². The molecule has 0 bridgehead atoms. The highest BCUT2D eigenvalue weighted by Gasteiger charge is 2.15. The van der Waals surface area contributed by atoms with Crippen LogP contribution in [0.3, 0.4) is 0 Å². The van der Waals surface area contributed by atoms with Gasteiger partial charge in [0, 0.05) is 11.0 Å². The Kier molecular flexibility index (Phi) is 4.80. The van der Waals surface area contributed by atoms with Crippen molar-refractivity contribution in [2.75, 3.05) is 0 Å². The second kappa shape index (κ2) is 6.41. The van der Waals surface area contributed by atoms with Gasteiger partial charge in [0.25, 0.3) is 5.91 Å². The molecule has 0 aliphatic heterocycles. The molecule has 1 amide bonds. The summed E-state index contributed by atoms with van der Waals surface area (Å²) in [4.78, 5) is 12.1. The van der Waals surface area contributed by atoms with Crippen LogP contribution in [-0.4, -0.2) is 11.0 Å². The molecule has 0 saturated carbocycles. The first kappa shape index (κ1) is 15.7. The van der Waals surface area contributed by atoms with E-state index in [1.807, 2.05) is 42.5 Å². The molecule has 0 aliphatic carbocycles. The highest BCUT2D eigenvalue weighted by atomic mass is 79.9. The Labute approximate surface area is 133 Å². The molecule has 0 saturated heterocycles. The zero-order valence-electron chi connectivity index (χ0n) is 12.1. The fraction of sp³-hybridized carbons (Fsp3) is 0.235. The van der Waals surface area contributed by atoms with Crippen LogP contribution in [0.2, 0.25) is 0 Å². The van der Waals surface area contributed by atoms with Crippen LogP contribution in [0.1, 0.15) is 35.3 Å². The number of amides is 1. The molecule has 3 nitrogen and oxygen atoms in total. The van der Waals surface area contributed by atoms with Gasteiger partial charge >= 0.3 is 0 Å². The molecule has 0 unspecified atom stereocenters. The first-order valence-electron chi connectivity index (χ1n) is 6.72. The van der Waals surface area contributed by atoms with Gasteiger partial charge in [-0.15, -0.1) is 0 Å². The average molecular weight is 348 g/mol. The molecule has 0 aromatic heterocycles. The van der Waals surface area contributed by atoms with E-state index in [9.17, 15) is 9.90 Å². The van der Waals surface area contributed by atoms with Crippen molar-refractivity contribution in [2.24, 2.45) is 0 Å². The normalized spacial score (nSPS) is 11.2. The first-order valence-corrected chi connectivity index (χ1v) is 7.52. The first-order chi connectivity index (χ1) is 9.88. The van der Waals surface area contributed by atoms with Gasteiger partial charge in [0.15, 0.2) is 0 Å². The minimum atomic E-state index is -0.851. The molecule has 2 aromatic rings. The number of carbonyl (C=O) groups excluding carboxylic acids is 1. The molecule has 21 heavy (non-hydrogen) atoms. The molecule has 0 heterocycles. The highest BCUT2D eigenvalue weighted by Crippen LogP contribution is 2.20. The maximum absolute atomic E-state index is 12.1. The summed E-state index contributed by atoms with van der Waals surface area (Å²) >= 11 is 3.37. The lowest BCUT2D eigenvalue weighted by Crippen LogP contribution is -2.23. The maximum Gasteiger partial charge on any atom is 0.252 e. The number of hydrogen-bond donors (Lipinski definition) is 2. The highest BCUT2D eigenvalue weighted by molar-refractivity contribution is 9.10. The van der Waals surface area contributed by atoms with E-state index >= 15 is 0 Å². The second-order valence-corrected chi connectivity index (χ2v) is 6.27. The Hall–Kier alpha value is -1.65. The lowest BCUT2D eigenvalue weighted by Gasteiger charge is -2.18. The zero-order chi connectivity index (χ0) is 15.5. The molecule has 4 heteroatoms. The third kappa shape index (κ3) is 4.16. The summed E-state index contributed by atoms with van der Waals surface area (Å²) in [6.07, 6.45) is 0. The van der Waals surface area contributed by atoms with Gasteiger partial charge in [-0.3, -0.25) is 4.79 Å². The molecule has 0 fully saturated rings. The van der Waals surface area contributed by atoms with E-state index < -0.39 is 5.60 Å². The maximum atomic E-state index is 12.1. The van der Waals surface area contributed by atoms with Crippen molar-refractivity contribution >= 4 is 21.8 Å². The van der Waals surface area contributed by atoms with Gasteiger partial charge < -0.3 is 10.4 Å². The summed E-state index contributed by atoms with van der Waals surface area (Å²) in [5, 5.41) is 12.8. The number of carbonyl (C=O) groups is 1. The molecule has 0 aliphatic rings. The molecule has 2 rings (SSSR count). The minimum absolute atomic E-state index is 0.117. The van der Waals surface area contributed by atoms with Gasteiger partial charge in [-0.2, -0.15) is 0 Å². The molecular weight excluding hydrogens is 330 g/mol. The largest absolute Gasteiger partial charge is 0.386 e. The number of aliphatic hydroxyl groups is 1. The van der Waals surface area contributed by atoms with E-state index in [0.717, 1.165) is 15.6 Å². The number of halogens is 1. The van der Waals surface area contributed by atoms with Crippen LogP contribution in [0, 0.1) is 0 Å². The van der Waals surface area contributed by atoms with Crippen molar-refractivity contribution in [3.05, 3.63) is 69.7 Å². The number of hydrogen-bond acceptors (Lipinski definition) is 2. The summed E-state index contributed by atoms with van der Waals surface area (Å²) in [6.45, 7) is 3.94. The number of nitrogens with one attached hydrogen (secondary N) is 1. The van der Waals surface area contributed by atoms with Crippen LogP contribution < -0.4 is 5.32 Å². The van der Waals surface area contributed by atoms with Crippen LogP contribution in [0.4, 0.5) is 0 Å². The van der Waals surface area contributed by atoms with Crippen molar-refractivity contribution in [3.8, 4) is 0 Å². The lowest BCUT2D eigenvalue weighted by atomic mass is 9.97. The lowest BCUT2D eigenvalue weighted by molar-refractivity contribution is 0.0785. The van der Waals surface area contributed by atoms with E-state index in [4.69, 9.17) is 0 Å². The van der Waals surface area contributed by atoms with Crippen molar-refractivity contribution in [1.29, 1.82) is 0 Å². The van der Waals surface area contributed by atoms with E-state index in [2.05, 4.69) is 21.2 Å². The predicted molar refractivity (Wildman–Crippen MR) is 87.0 cm³/mol. The predicted octanol–water partition coefficient (Wildman–Crippen LogP) is 3.61. The summed E-state index contributed by atoms with van der Waals surface area (Å²) in [7, 11) is 0. The Balaban J connectivity index is 2.00. The quantitative estimate of drug-likeness (QED) is 0.887. The number of benzene rings is 2. The third-order valence-electron chi connectivity index (χ3n) is 3.23. The molecule has 0 spiro atoms. The molecular formula is C17H18BrNO2. The average Bonchev–Trinajstić information content (AvgIpc) is 2.45. The van der Waals surface area contributed by atoms with Crippen molar-refractivity contribution in [1.82, 2.24) is 5.32 Å². The Morgan fingerprint density at radius 2 is 1.76 bits per heavy atom. The van der Waals surface area contributed by atoms with E-state index in [1.54, 1.807) is 19.9 Å². The van der Waals surface area contributed by atoms with E-state index in [1.165, 1.54) is 0 Å². The van der Waals surface area contributed by atoms with Crippen molar-refractivity contribution in [2.45, 2.75) is 26.0 Å². The van der Waals surface area contributed by atoms with Gasteiger partial charge in [-0.25, -0.2) is 0 Å². The second-order valence-electron chi connectivity index (χ2n) is 5.42. The minimum Gasteiger partial charge on any atom is -0.386 e. The standard InChI is InChI=1S/C17H18BrNO2/c1-17(2,21)13-9-7-12(8-10-13)11-19-16(20)14-5-3-4-6-15(14)18/h3-10,21H,11H2,1-2H3,(H,19,20). The fourth-order valence-electron chi connectivity index (χ4n) is 1.95. The van der Waals surface area contributed by atoms with Gasteiger partial charge in [0.05, 0.1) is 11.2 Å². The third-order valence-corrected chi connectivity index (χ3v) is 3.92. The SMILES string of the molecule is CC(C)(O)c1ccc(CNC(=O)c2ccccc2Br)cc1. The van der Waals surface area contributed by atoms with E-state index in [-0.39, 0.29) is 5.91 Å². The van der Waals surface area contributed by atoms with Gasteiger partial charge in [0.1, 0.15) is 0 Å². The van der Waals surface area contributed by atoms with Crippen LogP contribution in [-0.2, 0) is 12.1 Å². The van der Waals surface area contributed by atoms with Gasteiger partial charge in [0.2, 0.25) is 0 Å². The molecule has 2 aromatic carbocycles. The molecule has 2 N–H and O–H groups in total. The smallest absolute Gasteiger partial charge is 0.252 e. The monoisotopic (exact) mass is 347 g/mol. The molecule has 0 atom stereocenters. The topological polar surface area (TPSA) is 49.3 Å². The summed E-state index contributed by atoms with van der Waals surface area (Å²) in [5.74, 6) is -0.117. The Morgan fingerprint density at radius 3 is 2.33 bits per heavy atom. The van der Waals surface area contributed by atoms with Gasteiger partial charge in [-0.05, 0) is 53.0 Å². The van der Waals surface area contributed by atoms with E-state index in [0.29, 0.717) is 12.1 Å². The van der Waals surface area contributed by atoms with Crippen LogP contribution in [0.5, 0.6) is 0 Å². The molecule has 0 radical (unpaired) electrons. The van der Waals surface area contributed by atoms with Crippen LogP contribution in [0.15, 0.2) is 53.0 Å². The van der Waals surface area contributed by atoms with Crippen molar-refractivity contribution in [3.63, 3.8) is 0 Å². The zero-order valence-corrected chi connectivity index (χ0v) is 13.6. The van der Waals surface area contributed by atoms with Crippen molar-refractivity contribution < 1.29 is 9.90 Å². The fourth-order valence-corrected chi connectivity index (χ4v) is 2.42. The summed E-state index contributed by atoms with van der Waals surface area (Å²) < 4.78 is 0.778. The Bertz CT molecular complexity index is 630. The Morgan fingerprint density at radius 1 is 1.14 bits per heavy atom. The summed E-state index contributed by atoms with van der Waals surface area (Å²) in [6, 6.07) is 14.9. The molecule has 110 valence electrons. The van der Waals surface area contributed by atoms with Crippen LogP contribution >= 0.6 is 15.9 Å². The summed E-state index contributed by atoms with van der Waals surface area (Å²) in [5.41, 5.74) is 1.61. The number of rotatable bonds is 4.